The van der Waals surface area contributed by atoms with Crippen molar-refractivity contribution in [2.24, 2.45) is 0 Å². The second kappa shape index (κ2) is 11.3. The highest BCUT2D eigenvalue weighted by atomic mass is 28.4. The van der Waals surface area contributed by atoms with Crippen molar-refractivity contribution in [1.82, 2.24) is 20.0 Å². The van der Waals surface area contributed by atoms with Crippen LogP contribution in [0, 0.1) is 0 Å². The van der Waals surface area contributed by atoms with Gasteiger partial charge >= 0.3 is 12.2 Å². The molecule has 1 aromatic heterocycles. The molecule has 2 heterocycles. The molecule has 3 rings (SSSR count). The second-order valence-corrected chi connectivity index (χ2v) is 16.8. The third-order valence-electron chi connectivity index (χ3n) is 6.86. The molecule has 1 fully saturated rings. The Labute approximate surface area is 221 Å². The molecule has 0 unspecified atom stereocenters. The SMILES string of the molecule is CC(C)(C)OC(=O)N1C[C@H](O[Si](C)(C)C(C)(C)C)[C@@H](OC(=O)NCc2ccccc2)[C@H]1Cn1cccn1. The highest BCUT2D eigenvalue weighted by Crippen LogP contribution is 2.40. The Balaban J connectivity index is 1.89. The summed E-state index contributed by atoms with van der Waals surface area (Å²) in [6.45, 7) is 17.2. The minimum absolute atomic E-state index is 0.0655. The van der Waals surface area contributed by atoms with Crippen molar-refractivity contribution < 1.29 is 23.5 Å². The molecule has 0 radical (unpaired) electrons. The summed E-state index contributed by atoms with van der Waals surface area (Å²) in [5.41, 5.74) is 0.290. The second-order valence-electron chi connectivity index (χ2n) is 12.1. The number of hydrogen-bond donors (Lipinski definition) is 1. The van der Waals surface area contributed by atoms with Gasteiger partial charge in [-0.2, -0.15) is 5.10 Å². The van der Waals surface area contributed by atoms with Crippen molar-refractivity contribution in [2.75, 3.05) is 6.54 Å². The van der Waals surface area contributed by atoms with Crippen molar-refractivity contribution in [3.05, 3.63) is 54.4 Å². The number of aromatic nitrogens is 2. The maximum atomic E-state index is 13.3. The third-order valence-corrected chi connectivity index (χ3v) is 11.4. The largest absolute Gasteiger partial charge is 0.444 e. The predicted molar refractivity (Wildman–Crippen MR) is 145 cm³/mol. The van der Waals surface area contributed by atoms with Gasteiger partial charge in [-0.05, 0) is 50.5 Å². The van der Waals surface area contributed by atoms with Crippen LogP contribution in [0.3, 0.4) is 0 Å². The summed E-state index contributed by atoms with van der Waals surface area (Å²) in [5.74, 6) is 0. The van der Waals surface area contributed by atoms with Crippen LogP contribution in [0.25, 0.3) is 0 Å². The Morgan fingerprint density at radius 3 is 2.32 bits per heavy atom. The van der Waals surface area contributed by atoms with Crippen LogP contribution in [0.5, 0.6) is 0 Å². The van der Waals surface area contributed by atoms with Crippen LogP contribution in [0.2, 0.25) is 18.1 Å². The first kappa shape index (κ1) is 28.7. The lowest BCUT2D eigenvalue weighted by Crippen LogP contribution is -2.50. The molecule has 204 valence electrons. The maximum Gasteiger partial charge on any atom is 0.410 e. The Morgan fingerprint density at radius 2 is 1.76 bits per heavy atom. The number of carbonyl (C=O) groups is 2. The van der Waals surface area contributed by atoms with E-state index in [4.69, 9.17) is 13.9 Å². The van der Waals surface area contributed by atoms with E-state index in [0.29, 0.717) is 13.1 Å². The third kappa shape index (κ3) is 7.81. The number of ether oxygens (including phenoxy) is 2. The number of nitrogens with one attached hydrogen (secondary N) is 1. The molecular weight excluding hydrogens is 488 g/mol. The van der Waals surface area contributed by atoms with E-state index >= 15 is 0 Å². The Morgan fingerprint density at radius 1 is 1.08 bits per heavy atom. The quantitative estimate of drug-likeness (QED) is 0.495. The number of hydrogen-bond acceptors (Lipinski definition) is 6. The molecule has 37 heavy (non-hydrogen) atoms. The van der Waals surface area contributed by atoms with E-state index < -0.39 is 44.4 Å². The summed E-state index contributed by atoms with van der Waals surface area (Å²) >= 11 is 0. The normalized spacial score (nSPS) is 20.5. The first-order valence-electron chi connectivity index (χ1n) is 12.8. The van der Waals surface area contributed by atoms with Gasteiger partial charge < -0.3 is 19.2 Å². The summed E-state index contributed by atoms with van der Waals surface area (Å²) in [6, 6.07) is 10.9. The molecular formula is C27H42N4O5Si. The van der Waals surface area contributed by atoms with Crippen molar-refractivity contribution >= 4 is 20.5 Å². The number of rotatable bonds is 7. The lowest BCUT2D eigenvalue weighted by atomic mass is 10.1. The molecule has 0 bridgehead atoms. The fourth-order valence-electron chi connectivity index (χ4n) is 3.94. The first-order chi connectivity index (χ1) is 17.2. The van der Waals surface area contributed by atoms with Crippen molar-refractivity contribution in [1.29, 1.82) is 0 Å². The van der Waals surface area contributed by atoms with Gasteiger partial charge in [-0.3, -0.25) is 9.58 Å². The zero-order valence-electron chi connectivity index (χ0n) is 23.4. The first-order valence-corrected chi connectivity index (χ1v) is 15.7. The van der Waals surface area contributed by atoms with Crippen LogP contribution in [-0.2, 0) is 27.0 Å². The van der Waals surface area contributed by atoms with E-state index in [9.17, 15) is 9.59 Å². The molecule has 3 atom stereocenters. The van der Waals surface area contributed by atoms with Gasteiger partial charge in [0.2, 0.25) is 0 Å². The molecule has 1 saturated heterocycles. The van der Waals surface area contributed by atoms with Gasteiger partial charge in [0.15, 0.2) is 14.4 Å². The van der Waals surface area contributed by atoms with Crippen LogP contribution in [0.1, 0.15) is 47.1 Å². The van der Waals surface area contributed by atoms with Gasteiger partial charge in [-0.1, -0.05) is 51.1 Å². The van der Waals surface area contributed by atoms with Gasteiger partial charge in [-0.25, -0.2) is 9.59 Å². The molecule has 0 spiro atoms. The Hall–Kier alpha value is -2.85. The number of amides is 2. The fraction of sp³-hybridized carbons (Fsp3) is 0.593. The highest BCUT2D eigenvalue weighted by Gasteiger charge is 2.52. The molecule has 2 aromatic rings. The van der Waals surface area contributed by atoms with Crippen LogP contribution < -0.4 is 5.32 Å². The van der Waals surface area contributed by atoms with E-state index in [1.165, 1.54) is 0 Å². The van der Waals surface area contributed by atoms with Crippen LogP contribution in [-0.4, -0.2) is 65.6 Å². The molecule has 9 nitrogen and oxygen atoms in total. The molecule has 1 aliphatic rings. The summed E-state index contributed by atoms with van der Waals surface area (Å²) in [5, 5.41) is 7.10. The van der Waals surface area contributed by atoms with Gasteiger partial charge in [-0.15, -0.1) is 0 Å². The van der Waals surface area contributed by atoms with E-state index in [1.54, 1.807) is 15.8 Å². The molecule has 1 aromatic carbocycles. The Bertz CT molecular complexity index is 1030. The average Bonchev–Trinajstić information content (AvgIpc) is 3.40. The van der Waals surface area contributed by atoms with Crippen LogP contribution in [0.4, 0.5) is 9.59 Å². The zero-order valence-corrected chi connectivity index (χ0v) is 24.4. The van der Waals surface area contributed by atoms with Gasteiger partial charge in [0.05, 0.1) is 19.1 Å². The van der Waals surface area contributed by atoms with Gasteiger partial charge in [0, 0.05) is 18.9 Å². The molecule has 1 N–H and O–H groups in total. The van der Waals surface area contributed by atoms with Gasteiger partial charge in [0.1, 0.15) is 11.7 Å². The number of nitrogens with zero attached hydrogens (tertiary/aromatic N) is 3. The maximum absolute atomic E-state index is 13.3. The lowest BCUT2D eigenvalue weighted by molar-refractivity contribution is 0.00334. The van der Waals surface area contributed by atoms with Gasteiger partial charge in [0.25, 0.3) is 0 Å². The van der Waals surface area contributed by atoms with Crippen molar-refractivity contribution in [3.63, 3.8) is 0 Å². The minimum atomic E-state index is -2.27. The zero-order chi connectivity index (χ0) is 27.4. The van der Waals surface area contributed by atoms with E-state index in [-0.39, 0.29) is 11.6 Å². The smallest absolute Gasteiger partial charge is 0.410 e. The minimum Gasteiger partial charge on any atom is -0.444 e. The molecule has 2 amide bonds. The van der Waals surface area contributed by atoms with Crippen molar-refractivity contribution in [3.8, 4) is 0 Å². The van der Waals surface area contributed by atoms with Crippen molar-refractivity contribution in [2.45, 2.75) is 96.6 Å². The Kier molecular flexibility index (Phi) is 8.74. The summed E-state index contributed by atoms with van der Waals surface area (Å²) < 4.78 is 20.3. The number of alkyl carbamates (subject to hydrolysis) is 1. The van der Waals surface area contributed by atoms with E-state index in [1.807, 2.05) is 63.4 Å². The summed E-state index contributed by atoms with van der Waals surface area (Å²) in [6.07, 6.45) is 1.26. The standard InChI is InChI=1S/C27H42N4O5Si/c1-26(2,3)35-25(33)31-19-22(36-37(7,8)27(4,5)6)23(21(31)18-30-16-12-15-29-30)34-24(32)28-17-20-13-10-9-11-14-20/h9-16,21-23H,17-19H2,1-8H3,(H,28,32)/t21-,22+,23+/m1/s1. The number of benzene rings is 1. The molecule has 0 saturated carbocycles. The predicted octanol–water partition coefficient (Wildman–Crippen LogP) is 5.19. The molecule has 1 aliphatic heterocycles. The lowest BCUT2D eigenvalue weighted by Gasteiger charge is -2.39. The number of likely N-dealkylation sites (tertiary alicyclic amines) is 1. The average molecular weight is 531 g/mol. The molecule has 0 aliphatic carbocycles. The molecule has 10 heteroatoms. The topological polar surface area (TPSA) is 94.9 Å². The number of carbonyl (C=O) groups excluding carboxylic acids is 2. The van der Waals surface area contributed by atoms with Crippen LogP contribution >= 0.6 is 0 Å². The van der Waals surface area contributed by atoms with Crippen LogP contribution in [0.15, 0.2) is 48.8 Å². The van der Waals surface area contributed by atoms with E-state index in [0.717, 1.165) is 5.56 Å². The highest BCUT2D eigenvalue weighted by molar-refractivity contribution is 6.74. The van der Waals surface area contributed by atoms with E-state index in [2.05, 4.69) is 44.3 Å². The summed E-state index contributed by atoms with van der Waals surface area (Å²) in [4.78, 5) is 27.9. The monoisotopic (exact) mass is 530 g/mol. The summed E-state index contributed by atoms with van der Waals surface area (Å²) in [7, 11) is -2.27. The fourth-order valence-corrected chi connectivity index (χ4v) is 5.26.